The molecule has 0 aromatic carbocycles. The topological polar surface area (TPSA) is 43.8 Å². The van der Waals surface area contributed by atoms with E-state index in [9.17, 15) is 0 Å². The molecule has 0 aliphatic heterocycles. The van der Waals surface area contributed by atoms with Crippen LogP contribution in [0.4, 0.5) is 0 Å². The summed E-state index contributed by atoms with van der Waals surface area (Å²) < 4.78 is 2.30. The van der Waals surface area contributed by atoms with Crippen LogP contribution in [0.2, 0.25) is 0 Å². The van der Waals surface area contributed by atoms with Crippen molar-refractivity contribution in [2.75, 3.05) is 0 Å². The van der Waals surface area contributed by atoms with Crippen LogP contribution >= 0.6 is 0 Å². The van der Waals surface area contributed by atoms with E-state index < -0.39 is 0 Å². The quantitative estimate of drug-likeness (QED) is 0.851. The van der Waals surface area contributed by atoms with Crippen LogP contribution in [0.5, 0.6) is 0 Å². The smallest absolute Gasteiger partial charge is 0.0951 e. The van der Waals surface area contributed by atoms with Crippen molar-refractivity contribution in [3.05, 3.63) is 18.2 Å². The molecule has 0 bridgehead atoms. The van der Waals surface area contributed by atoms with Crippen molar-refractivity contribution in [2.24, 2.45) is 17.6 Å². The Balaban J connectivity index is 2.09. The zero-order valence-electron chi connectivity index (χ0n) is 11.3. The Morgan fingerprint density at radius 1 is 1.41 bits per heavy atom. The van der Waals surface area contributed by atoms with E-state index in [1.807, 2.05) is 12.5 Å². The molecule has 17 heavy (non-hydrogen) atoms. The van der Waals surface area contributed by atoms with E-state index in [1.165, 1.54) is 25.0 Å². The van der Waals surface area contributed by atoms with Crippen molar-refractivity contribution in [1.29, 1.82) is 0 Å². The second kappa shape index (κ2) is 5.21. The third-order valence-electron chi connectivity index (χ3n) is 4.07. The molecule has 1 aliphatic rings. The lowest BCUT2D eigenvalue weighted by Gasteiger charge is -2.33. The van der Waals surface area contributed by atoms with Gasteiger partial charge in [-0.3, -0.25) is 0 Å². The van der Waals surface area contributed by atoms with Crippen LogP contribution < -0.4 is 5.73 Å². The third-order valence-corrected chi connectivity index (χ3v) is 4.07. The van der Waals surface area contributed by atoms with E-state index in [-0.39, 0.29) is 6.04 Å². The first-order chi connectivity index (χ1) is 8.09. The highest BCUT2D eigenvalue weighted by atomic mass is 15.1. The molecule has 1 heterocycles. The lowest BCUT2D eigenvalue weighted by molar-refractivity contribution is 0.217. The summed E-state index contributed by atoms with van der Waals surface area (Å²) in [5.41, 5.74) is 7.48. The van der Waals surface area contributed by atoms with Gasteiger partial charge in [0.15, 0.2) is 0 Å². The molecule has 1 aromatic rings. The SMILES string of the molecule is CC(C)CC(N)c1cncn1C(C)C1CCC1. The van der Waals surface area contributed by atoms with Gasteiger partial charge in [0.25, 0.3) is 0 Å². The second-order valence-corrected chi connectivity index (χ2v) is 5.89. The molecular formula is C14H25N3. The molecule has 1 saturated carbocycles. The fourth-order valence-electron chi connectivity index (χ4n) is 2.72. The summed E-state index contributed by atoms with van der Waals surface area (Å²) in [5.74, 6) is 1.46. The molecule has 0 spiro atoms. The van der Waals surface area contributed by atoms with Crippen LogP contribution in [0.3, 0.4) is 0 Å². The first-order valence-corrected chi connectivity index (χ1v) is 6.87. The first-order valence-electron chi connectivity index (χ1n) is 6.87. The Morgan fingerprint density at radius 2 is 2.12 bits per heavy atom. The molecule has 3 nitrogen and oxygen atoms in total. The van der Waals surface area contributed by atoms with Gasteiger partial charge in [0.1, 0.15) is 0 Å². The molecule has 1 aromatic heterocycles. The highest BCUT2D eigenvalue weighted by Gasteiger charge is 2.27. The molecule has 1 aliphatic carbocycles. The third kappa shape index (κ3) is 2.71. The Kier molecular flexibility index (Phi) is 3.87. The lowest BCUT2D eigenvalue weighted by atomic mass is 9.80. The fraction of sp³-hybridized carbons (Fsp3) is 0.786. The van der Waals surface area contributed by atoms with Crippen molar-refractivity contribution in [2.45, 2.75) is 58.5 Å². The number of rotatable bonds is 5. The zero-order valence-corrected chi connectivity index (χ0v) is 11.3. The van der Waals surface area contributed by atoms with E-state index in [0.29, 0.717) is 12.0 Å². The van der Waals surface area contributed by atoms with Gasteiger partial charge in [-0.25, -0.2) is 4.98 Å². The van der Waals surface area contributed by atoms with Gasteiger partial charge < -0.3 is 10.3 Å². The van der Waals surface area contributed by atoms with Gasteiger partial charge in [-0.1, -0.05) is 20.3 Å². The number of aromatic nitrogens is 2. The molecule has 2 unspecified atom stereocenters. The summed E-state index contributed by atoms with van der Waals surface area (Å²) >= 11 is 0. The molecule has 2 rings (SSSR count). The maximum Gasteiger partial charge on any atom is 0.0951 e. The van der Waals surface area contributed by atoms with E-state index >= 15 is 0 Å². The number of hydrogen-bond acceptors (Lipinski definition) is 2. The maximum absolute atomic E-state index is 6.28. The van der Waals surface area contributed by atoms with E-state index in [4.69, 9.17) is 5.73 Å². The van der Waals surface area contributed by atoms with Crippen LogP contribution in [0.1, 0.15) is 64.2 Å². The maximum atomic E-state index is 6.28. The molecule has 2 atom stereocenters. The average molecular weight is 235 g/mol. The van der Waals surface area contributed by atoms with Crippen molar-refractivity contribution in [3.63, 3.8) is 0 Å². The average Bonchev–Trinajstić information content (AvgIpc) is 2.61. The van der Waals surface area contributed by atoms with E-state index in [1.54, 1.807) is 0 Å². The summed E-state index contributed by atoms with van der Waals surface area (Å²) in [4.78, 5) is 4.30. The lowest BCUT2D eigenvalue weighted by Crippen LogP contribution is -2.26. The minimum absolute atomic E-state index is 0.125. The van der Waals surface area contributed by atoms with Crippen LogP contribution in [-0.2, 0) is 0 Å². The normalized spacial score (nSPS) is 20.3. The predicted molar refractivity (Wildman–Crippen MR) is 70.7 cm³/mol. The minimum Gasteiger partial charge on any atom is -0.330 e. The Morgan fingerprint density at radius 3 is 2.65 bits per heavy atom. The molecule has 96 valence electrons. The summed E-state index contributed by atoms with van der Waals surface area (Å²) in [6, 6.07) is 0.680. The highest BCUT2D eigenvalue weighted by Crippen LogP contribution is 2.37. The van der Waals surface area contributed by atoms with Crippen LogP contribution in [0, 0.1) is 11.8 Å². The number of imidazole rings is 1. The first kappa shape index (κ1) is 12.6. The Bertz CT molecular complexity index is 352. The summed E-state index contributed by atoms with van der Waals surface area (Å²) in [6.07, 6.45) is 9.04. The Labute approximate surface area is 104 Å². The standard InChI is InChI=1S/C14H25N3/c1-10(2)7-13(15)14-8-16-9-17(14)11(3)12-5-4-6-12/h8-13H,4-7,15H2,1-3H3. The number of nitrogens with zero attached hydrogens (tertiary/aromatic N) is 2. The fourth-order valence-corrected chi connectivity index (χ4v) is 2.72. The monoisotopic (exact) mass is 235 g/mol. The van der Waals surface area contributed by atoms with Gasteiger partial charge in [0, 0.05) is 18.3 Å². The molecule has 0 amide bonds. The molecular weight excluding hydrogens is 210 g/mol. The van der Waals surface area contributed by atoms with Crippen LogP contribution in [0.15, 0.2) is 12.5 Å². The van der Waals surface area contributed by atoms with E-state index in [0.717, 1.165) is 12.3 Å². The van der Waals surface area contributed by atoms with Crippen molar-refractivity contribution < 1.29 is 0 Å². The minimum atomic E-state index is 0.125. The molecule has 0 radical (unpaired) electrons. The van der Waals surface area contributed by atoms with Gasteiger partial charge in [-0.2, -0.15) is 0 Å². The summed E-state index contributed by atoms with van der Waals surface area (Å²) in [7, 11) is 0. The second-order valence-electron chi connectivity index (χ2n) is 5.89. The van der Waals surface area contributed by atoms with Crippen molar-refractivity contribution in [1.82, 2.24) is 9.55 Å². The van der Waals surface area contributed by atoms with Crippen molar-refractivity contribution >= 4 is 0 Å². The molecule has 1 fully saturated rings. The molecule has 3 heteroatoms. The Hall–Kier alpha value is -0.830. The molecule has 2 N–H and O–H groups in total. The van der Waals surface area contributed by atoms with Gasteiger partial charge in [0.05, 0.1) is 12.0 Å². The van der Waals surface area contributed by atoms with Gasteiger partial charge in [0.2, 0.25) is 0 Å². The number of hydrogen-bond donors (Lipinski definition) is 1. The summed E-state index contributed by atoms with van der Waals surface area (Å²) in [6.45, 7) is 6.74. The predicted octanol–water partition coefficient (Wildman–Crippen LogP) is 3.29. The highest BCUT2D eigenvalue weighted by molar-refractivity contribution is 5.07. The van der Waals surface area contributed by atoms with E-state index in [2.05, 4.69) is 30.3 Å². The van der Waals surface area contributed by atoms with Gasteiger partial charge in [-0.05, 0) is 38.0 Å². The zero-order chi connectivity index (χ0) is 12.4. The number of nitrogens with two attached hydrogens (primary N) is 1. The van der Waals surface area contributed by atoms with Crippen LogP contribution in [0.25, 0.3) is 0 Å². The largest absolute Gasteiger partial charge is 0.330 e. The summed E-state index contributed by atoms with van der Waals surface area (Å²) in [5, 5.41) is 0. The van der Waals surface area contributed by atoms with Gasteiger partial charge in [-0.15, -0.1) is 0 Å². The van der Waals surface area contributed by atoms with Crippen LogP contribution in [-0.4, -0.2) is 9.55 Å². The van der Waals surface area contributed by atoms with Gasteiger partial charge >= 0.3 is 0 Å². The molecule has 0 saturated heterocycles. The van der Waals surface area contributed by atoms with Crippen molar-refractivity contribution in [3.8, 4) is 0 Å².